The van der Waals surface area contributed by atoms with Gasteiger partial charge in [0, 0.05) is 18.2 Å². The molecule has 80 valence electrons. The van der Waals surface area contributed by atoms with Crippen LogP contribution in [0.1, 0.15) is 24.5 Å². The second-order valence-electron chi connectivity index (χ2n) is 4.18. The van der Waals surface area contributed by atoms with Gasteiger partial charge >= 0.3 is 0 Å². The van der Waals surface area contributed by atoms with E-state index < -0.39 is 0 Å². The number of rotatable bonds is 2. The first-order valence-corrected chi connectivity index (χ1v) is 5.33. The van der Waals surface area contributed by atoms with Crippen molar-refractivity contribution in [1.29, 1.82) is 0 Å². The fraction of sp³-hybridized carbons (Fsp3) is 0.417. The third-order valence-corrected chi connectivity index (χ3v) is 2.66. The van der Waals surface area contributed by atoms with Gasteiger partial charge in [0.1, 0.15) is 0 Å². The van der Waals surface area contributed by atoms with E-state index in [0.717, 1.165) is 24.1 Å². The van der Waals surface area contributed by atoms with Crippen molar-refractivity contribution < 1.29 is 4.79 Å². The van der Waals surface area contributed by atoms with Crippen molar-refractivity contribution in [1.82, 2.24) is 0 Å². The molecule has 1 amide bonds. The third-order valence-electron chi connectivity index (χ3n) is 2.66. The van der Waals surface area contributed by atoms with Crippen LogP contribution in [0.15, 0.2) is 18.2 Å². The van der Waals surface area contributed by atoms with Gasteiger partial charge in [0.25, 0.3) is 0 Å². The van der Waals surface area contributed by atoms with Gasteiger partial charge in [0.2, 0.25) is 5.91 Å². The Morgan fingerprint density at radius 1 is 1.47 bits per heavy atom. The van der Waals surface area contributed by atoms with Gasteiger partial charge < -0.3 is 11.1 Å². The lowest BCUT2D eigenvalue weighted by molar-refractivity contribution is -0.116. The standard InChI is InChI=1S/C12H16N2O/c1-8(13)7-10-4-2-3-9-5-6-11(15)14-12(9)10/h2-4,8H,5-7,13H2,1H3,(H,14,15). The van der Waals surface area contributed by atoms with Gasteiger partial charge in [-0.15, -0.1) is 0 Å². The topological polar surface area (TPSA) is 55.1 Å². The molecule has 2 rings (SSSR count). The van der Waals surface area contributed by atoms with E-state index in [1.807, 2.05) is 19.1 Å². The lowest BCUT2D eigenvalue weighted by atomic mass is 9.96. The quantitative estimate of drug-likeness (QED) is 0.766. The Labute approximate surface area is 89.7 Å². The van der Waals surface area contributed by atoms with E-state index in [9.17, 15) is 4.79 Å². The zero-order chi connectivity index (χ0) is 10.8. The molecule has 15 heavy (non-hydrogen) atoms. The van der Waals surface area contributed by atoms with Crippen LogP contribution in [0.5, 0.6) is 0 Å². The molecule has 3 N–H and O–H groups in total. The average Bonchev–Trinajstić information content (AvgIpc) is 2.18. The van der Waals surface area contributed by atoms with E-state index in [0.29, 0.717) is 6.42 Å². The van der Waals surface area contributed by atoms with E-state index in [4.69, 9.17) is 5.73 Å². The van der Waals surface area contributed by atoms with E-state index in [2.05, 4.69) is 11.4 Å². The molecule has 3 heteroatoms. The Bertz CT molecular complexity index is 385. The SMILES string of the molecule is CC(N)Cc1cccc2c1NC(=O)CC2. The van der Waals surface area contributed by atoms with Gasteiger partial charge in [-0.05, 0) is 30.9 Å². The van der Waals surface area contributed by atoms with Crippen LogP contribution in [0.3, 0.4) is 0 Å². The zero-order valence-electron chi connectivity index (χ0n) is 8.92. The molecule has 1 aromatic rings. The molecule has 0 fully saturated rings. The molecule has 1 atom stereocenters. The molecule has 0 spiro atoms. The van der Waals surface area contributed by atoms with Crippen LogP contribution < -0.4 is 11.1 Å². The average molecular weight is 204 g/mol. The number of hydrogen-bond acceptors (Lipinski definition) is 2. The van der Waals surface area contributed by atoms with E-state index in [1.54, 1.807) is 0 Å². The molecule has 0 radical (unpaired) electrons. The maximum Gasteiger partial charge on any atom is 0.224 e. The minimum atomic E-state index is 0.111. The summed E-state index contributed by atoms with van der Waals surface area (Å²) < 4.78 is 0. The maximum atomic E-state index is 11.3. The van der Waals surface area contributed by atoms with Gasteiger partial charge in [0.15, 0.2) is 0 Å². The highest BCUT2D eigenvalue weighted by Crippen LogP contribution is 2.27. The number of nitrogens with two attached hydrogens (primary N) is 1. The van der Waals surface area contributed by atoms with Crippen LogP contribution in [0.25, 0.3) is 0 Å². The number of aryl methyl sites for hydroxylation is 1. The second kappa shape index (κ2) is 4.03. The van der Waals surface area contributed by atoms with Crippen molar-refractivity contribution in [3.8, 4) is 0 Å². The van der Waals surface area contributed by atoms with Crippen molar-refractivity contribution >= 4 is 11.6 Å². The lowest BCUT2D eigenvalue weighted by Gasteiger charge is -2.20. The first-order chi connectivity index (χ1) is 7.16. The molecular formula is C12H16N2O. The molecular weight excluding hydrogens is 188 g/mol. The largest absolute Gasteiger partial charge is 0.328 e. The van der Waals surface area contributed by atoms with Crippen molar-refractivity contribution in [2.45, 2.75) is 32.2 Å². The van der Waals surface area contributed by atoms with Crippen LogP contribution in [-0.2, 0) is 17.6 Å². The zero-order valence-corrected chi connectivity index (χ0v) is 8.92. The predicted octanol–water partition coefficient (Wildman–Crippen LogP) is 1.46. The minimum Gasteiger partial charge on any atom is -0.328 e. The number of hydrogen-bond donors (Lipinski definition) is 2. The third kappa shape index (κ3) is 2.18. The summed E-state index contributed by atoms with van der Waals surface area (Å²) in [6.45, 7) is 1.98. The molecule has 1 unspecified atom stereocenters. The smallest absolute Gasteiger partial charge is 0.224 e. The molecule has 0 aromatic heterocycles. The molecule has 0 aliphatic carbocycles. The summed E-state index contributed by atoms with van der Waals surface area (Å²) in [4.78, 5) is 11.3. The number of amides is 1. The highest BCUT2D eigenvalue weighted by molar-refractivity contribution is 5.94. The van der Waals surface area contributed by atoms with Gasteiger partial charge in [-0.25, -0.2) is 0 Å². The Morgan fingerprint density at radius 2 is 2.27 bits per heavy atom. The van der Waals surface area contributed by atoms with Crippen LogP contribution in [0.2, 0.25) is 0 Å². The van der Waals surface area contributed by atoms with Crippen LogP contribution >= 0.6 is 0 Å². The number of para-hydroxylation sites is 1. The Balaban J connectivity index is 2.35. The van der Waals surface area contributed by atoms with Gasteiger partial charge in [-0.2, -0.15) is 0 Å². The summed E-state index contributed by atoms with van der Waals surface area (Å²) in [5.41, 5.74) is 9.15. The van der Waals surface area contributed by atoms with Gasteiger partial charge in [-0.3, -0.25) is 4.79 Å². The van der Waals surface area contributed by atoms with Crippen LogP contribution in [0, 0.1) is 0 Å². The van der Waals surface area contributed by atoms with E-state index in [1.165, 1.54) is 5.56 Å². The molecule has 3 nitrogen and oxygen atoms in total. The van der Waals surface area contributed by atoms with Crippen molar-refractivity contribution in [3.63, 3.8) is 0 Å². The first kappa shape index (κ1) is 10.2. The molecule has 0 saturated carbocycles. The summed E-state index contributed by atoms with van der Waals surface area (Å²) in [6.07, 6.45) is 2.24. The number of anilines is 1. The van der Waals surface area contributed by atoms with Crippen LogP contribution in [0.4, 0.5) is 5.69 Å². The van der Waals surface area contributed by atoms with E-state index >= 15 is 0 Å². The summed E-state index contributed by atoms with van der Waals surface area (Å²) in [5.74, 6) is 0.111. The van der Waals surface area contributed by atoms with Crippen molar-refractivity contribution in [2.75, 3.05) is 5.32 Å². The molecule has 1 heterocycles. The van der Waals surface area contributed by atoms with Gasteiger partial charge in [0.05, 0.1) is 0 Å². The van der Waals surface area contributed by atoms with Gasteiger partial charge in [-0.1, -0.05) is 18.2 Å². The lowest BCUT2D eigenvalue weighted by Crippen LogP contribution is -2.23. The van der Waals surface area contributed by atoms with Crippen molar-refractivity contribution in [3.05, 3.63) is 29.3 Å². The van der Waals surface area contributed by atoms with Crippen molar-refractivity contribution in [2.24, 2.45) is 5.73 Å². The normalized spacial score (nSPS) is 16.8. The molecule has 0 bridgehead atoms. The number of nitrogens with one attached hydrogen (secondary N) is 1. The number of benzene rings is 1. The monoisotopic (exact) mass is 204 g/mol. The fourth-order valence-electron chi connectivity index (χ4n) is 1.99. The Kier molecular flexibility index (Phi) is 2.73. The second-order valence-corrected chi connectivity index (χ2v) is 4.18. The minimum absolute atomic E-state index is 0.111. The summed E-state index contributed by atoms with van der Waals surface area (Å²) in [7, 11) is 0. The highest BCUT2D eigenvalue weighted by Gasteiger charge is 2.17. The molecule has 1 aliphatic rings. The Hall–Kier alpha value is -1.35. The number of fused-ring (bicyclic) bond motifs is 1. The molecule has 0 saturated heterocycles. The molecule has 1 aliphatic heterocycles. The first-order valence-electron chi connectivity index (χ1n) is 5.33. The molecule has 1 aromatic carbocycles. The number of carbonyl (C=O) groups is 1. The summed E-state index contributed by atoms with van der Waals surface area (Å²) in [6, 6.07) is 6.26. The number of carbonyl (C=O) groups excluding carboxylic acids is 1. The maximum absolute atomic E-state index is 11.3. The predicted molar refractivity (Wildman–Crippen MR) is 60.7 cm³/mol. The summed E-state index contributed by atoms with van der Waals surface area (Å²) >= 11 is 0. The fourth-order valence-corrected chi connectivity index (χ4v) is 1.99. The Morgan fingerprint density at radius 3 is 3.00 bits per heavy atom. The van der Waals surface area contributed by atoms with Crippen LogP contribution in [-0.4, -0.2) is 11.9 Å². The van der Waals surface area contributed by atoms with E-state index in [-0.39, 0.29) is 11.9 Å². The highest BCUT2D eigenvalue weighted by atomic mass is 16.1. The summed E-state index contributed by atoms with van der Waals surface area (Å²) in [5, 5.41) is 2.94.